The van der Waals surface area contributed by atoms with Crippen LogP contribution in [0.1, 0.15) is 21.5 Å². The van der Waals surface area contributed by atoms with Gasteiger partial charge in [-0.25, -0.2) is 4.98 Å². The van der Waals surface area contributed by atoms with Crippen LogP contribution in [-0.4, -0.2) is 27.8 Å². The normalized spacial score (nSPS) is 10.8. The maximum Gasteiger partial charge on any atom is 0.254 e. The highest BCUT2D eigenvalue weighted by molar-refractivity contribution is 6.06. The Labute approximate surface area is 164 Å². The Hall–Kier alpha value is -3.53. The average molecular weight is 367 g/mol. The lowest BCUT2D eigenvalue weighted by molar-refractivity contribution is 0.0787. The molecule has 0 N–H and O–H groups in total. The summed E-state index contributed by atoms with van der Waals surface area (Å²) in [5.41, 5.74) is 5.45. The van der Waals surface area contributed by atoms with Crippen molar-refractivity contribution in [3.63, 3.8) is 0 Å². The van der Waals surface area contributed by atoms with E-state index in [4.69, 9.17) is 4.98 Å². The van der Waals surface area contributed by atoms with E-state index in [0.717, 1.165) is 27.7 Å². The first-order valence-corrected chi connectivity index (χ1v) is 9.23. The molecule has 4 rings (SSSR count). The highest BCUT2D eigenvalue weighted by atomic mass is 16.2. The smallest absolute Gasteiger partial charge is 0.254 e. The third kappa shape index (κ3) is 3.62. The number of carbonyl (C=O) groups excluding carboxylic acids is 1. The minimum atomic E-state index is -0.0434. The van der Waals surface area contributed by atoms with Crippen LogP contribution in [0.2, 0.25) is 0 Å². The van der Waals surface area contributed by atoms with E-state index >= 15 is 0 Å². The predicted molar refractivity (Wildman–Crippen MR) is 112 cm³/mol. The molecule has 1 amide bonds. The first-order chi connectivity index (χ1) is 13.6. The van der Waals surface area contributed by atoms with Gasteiger partial charge in [-0.15, -0.1) is 0 Å². The van der Waals surface area contributed by atoms with Gasteiger partial charge in [0.1, 0.15) is 0 Å². The molecule has 0 aliphatic carbocycles. The number of hydrogen-bond donors (Lipinski definition) is 0. The van der Waals surface area contributed by atoms with Gasteiger partial charge in [-0.2, -0.15) is 0 Å². The Bertz CT molecular complexity index is 1120. The Morgan fingerprint density at radius 1 is 1.00 bits per heavy atom. The minimum absolute atomic E-state index is 0.0434. The zero-order valence-corrected chi connectivity index (χ0v) is 16.0. The number of carbonyl (C=O) groups is 1. The molecule has 4 aromatic rings. The van der Waals surface area contributed by atoms with Crippen LogP contribution >= 0.6 is 0 Å². The van der Waals surface area contributed by atoms with Crippen LogP contribution in [0.4, 0.5) is 0 Å². The van der Waals surface area contributed by atoms with Crippen molar-refractivity contribution in [2.24, 2.45) is 0 Å². The van der Waals surface area contributed by atoms with Crippen LogP contribution in [0.5, 0.6) is 0 Å². The molecule has 2 aromatic carbocycles. The number of nitrogens with zero attached hydrogens (tertiary/aromatic N) is 3. The van der Waals surface area contributed by atoms with Gasteiger partial charge in [-0.05, 0) is 24.6 Å². The van der Waals surface area contributed by atoms with Crippen LogP contribution in [0, 0.1) is 6.92 Å². The lowest BCUT2D eigenvalue weighted by Gasteiger charge is -2.19. The summed E-state index contributed by atoms with van der Waals surface area (Å²) in [5, 5.41) is 0.767. The molecule has 138 valence electrons. The van der Waals surface area contributed by atoms with Crippen LogP contribution in [0.15, 0.2) is 79.1 Å². The van der Waals surface area contributed by atoms with E-state index in [0.29, 0.717) is 12.1 Å². The van der Waals surface area contributed by atoms with Crippen molar-refractivity contribution in [1.29, 1.82) is 0 Å². The third-order valence-electron chi connectivity index (χ3n) is 4.80. The van der Waals surface area contributed by atoms with Gasteiger partial charge in [0.05, 0.1) is 16.8 Å². The summed E-state index contributed by atoms with van der Waals surface area (Å²) < 4.78 is 0. The van der Waals surface area contributed by atoms with Gasteiger partial charge >= 0.3 is 0 Å². The molecule has 0 aliphatic heterocycles. The number of fused-ring (bicyclic) bond motifs is 1. The Kier molecular flexibility index (Phi) is 4.85. The van der Waals surface area contributed by atoms with Gasteiger partial charge in [0, 0.05) is 36.9 Å². The first kappa shape index (κ1) is 17.9. The fourth-order valence-electron chi connectivity index (χ4n) is 3.25. The molecule has 0 unspecified atom stereocenters. The summed E-state index contributed by atoms with van der Waals surface area (Å²) in [7, 11) is 1.83. The fourth-order valence-corrected chi connectivity index (χ4v) is 3.25. The minimum Gasteiger partial charge on any atom is -0.337 e. The monoisotopic (exact) mass is 367 g/mol. The van der Waals surface area contributed by atoms with Gasteiger partial charge in [-0.1, -0.05) is 60.2 Å². The molecule has 0 atom stereocenters. The highest BCUT2D eigenvalue weighted by Gasteiger charge is 2.18. The maximum atomic E-state index is 13.3. The summed E-state index contributed by atoms with van der Waals surface area (Å²) >= 11 is 0. The SMILES string of the molecule is Cc1ccc(CN(C)C(=O)c2cc(-c3ccccc3)nc3ccncc23)cc1. The Balaban J connectivity index is 1.73. The molecule has 0 fully saturated rings. The molecule has 0 aliphatic rings. The van der Waals surface area contributed by atoms with Crippen LogP contribution in [0.25, 0.3) is 22.2 Å². The van der Waals surface area contributed by atoms with Crippen LogP contribution < -0.4 is 0 Å². The van der Waals surface area contributed by atoms with Gasteiger partial charge in [0.25, 0.3) is 5.91 Å². The van der Waals surface area contributed by atoms with E-state index in [1.165, 1.54) is 5.56 Å². The summed E-state index contributed by atoms with van der Waals surface area (Å²) in [4.78, 5) is 24.0. The molecule has 0 bridgehead atoms. The van der Waals surface area contributed by atoms with Gasteiger partial charge in [0.2, 0.25) is 0 Å². The van der Waals surface area contributed by atoms with Crippen molar-refractivity contribution >= 4 is 16.8 Å². The number of amides is 1. The van der Waals surface area contributed by atoms with Crippen molar-refractivity contribution in [1.82, 2.24) is 14.9 Å². The van der Waals surface area contributed by atoms with Crippen LogP contribution in [-0.2, 0) is 6.54 Å². The fraction of sp³-hybridized carbons (Fsp3) is 0.125. The predicted octanol–water partition coefficient (Wildman–Crippen LogP) is 4.88. The molecule has 4 nitrogen and oxygen atoms in total. The second-order valence-corrected chi connectivity index (χ2v) is 6.96. The number of benzene rings is 2. The number of rotatable bonds is 4. The van der Waals surface area contributed by atoms with E-state index in [2.05, 4.69) is 36.2 Å². The molecule has 0 saturated carbocycles. The van der Waals surface area contributed by atoms with E-state index < -0.39 is 0 Å². The number of aromatic nitrogens is 2. The van der Waals surface area contributed by atoms with Crippen LogP contribution in [0.3, 0.4) is 0 Å². The van der Waals surface area contributed by atoms with Gasteiger partial charge in [-0.3, -0.25) is 9.78 Å². The largest absolute Gasteiger partial charge is 0.337 e. The van der Waals surface area contributed by atoms with Crippen molar-refractivity contribution in [3.8, 4) is 11.3 Å². The topological polar surface area (TPSA) is 46.1 Å². The summed E-state index contributed by atoms with van der Waals surface area (Å²) in [6.07, 6.45) is 3.42. The van der Waals surface area contributed by atoms with Crippen molar-refractivity contribution in [3.05, 3.63) is 95.8 Å². The maximum absolute atomic E-state index is 13.3. The number of aryl methyl sites for hydroxylation is 1. The standard InChI is InChI=1S/C24H21N3O/c1-17-8-10-18(11-9-17)16-27(2)24(28)20-14-23(19-6-4-3-5-7-19)26-22-12-13-25-15-21(20)22/h3-15H,16H2,1-2H3. The lowest BCUT2D eigenvalue weighted by atomic mass is 10.0. The highest BCUT2D eigenvalue weighted by Crippen LogP contribution is 2.25. The molecular formula is C24H21N3O. The van der Waals surface area contributed by atoms with E-state index in [-0.39, 0.29) is 5.91 Å². The molecule has 2 heterocycles. The zero-order chi connectivity index (χ0) is 19.5. The van der Waals surface area contributed by atoms with Gasteiger partial charge in [0.15, 0.2) is 0 Å². The summed E-state index contributed by atoms with van der Waals surface area (Å²) in [5.74, 6) is -0.0434. The van der Waals surface area contributed by atoms with Gasteiger partial charge < -0.3 is 4.90 Å². The molecule has 0 radical (unpaired) electrons. The molecule has 0 spiro atoms. The third-order valence-corrected chi connectivity index (χ3v) is 4.80. The van der Waals surface area contributed by atoms with E-state index in [9.17, 15) is 4.79 Å². The molecule has 2 aromatic heterocycles. The second-order valence-electron chi connectivity index (χ2n) is 6.96. The van der Waals surface area contributed by atoms with E-state index in [1.807, 2.05) is 49.5 Å². The average Bonchev–Trinajstić information content (AvgIpc) is 2.74. The van der Waals surface area contributed by atoms with E-state index in [1.54, 1.807) is 17.3 Å². The van der Waals surface area contributed by atoms with Crippen molar-refractivity contribution in [2.45, 2.75) is 13.5 Å². The zero-order valence-electron chi connectivity index (χ0n) is 16.0. The Morgan fingerprint density at radius 2 is 1.75 bits per heavy atom. The van der Waals surface area contributed by atoms with Crippen molar-refractivity contribution < 1.29 is 4.79 Å². The van der Waals surface area contributed by atoms with Crippen molar-refractivity contribution in [2.75, 3.05) is 7.05 Å². The first-order valence-electron chi connectivity index (χ1n) is 9.23. The molecule has 0 saturated heterocycles. The molecular weight excluding hydrogens is 346 g/mol. The summed E-state index contributed by atoms with van der Waals surface area (Å²) in [6, 6.07) is 21.9. The quantitative estimate of drug-likeness (QED) is 0.516. The summed E-state index contributed by atoms with van der Waals surface area (Å²) in [6.45, 7) is 2.60. The lowest BCUT2D eigenvalue weighted by Crippen LogP contribution is -2.26. The molecule has 4 heteroatoms. The number of pyridine rings is 2. The Morgan fingerprint density at radius 3 is 2.50 bits per heavy atom. The number of hydrogen-bond acceptors (Lipinski definition) is 3. The second kappa shape index (κ2) is 7.61. The molecule has 28 heavy (non-hydrogen) atoms.